The van der Waals surface area contributed by atoms with E-state index in [0.29, 0.717) is 22.7 Å². The van der Waals surface area contributed by atoms with Crippen molar-refractivity contribution in [1.29, 1.82) is 5.26 Å². The summed E-state index contributed by atoms with van der Waals surface area (Å²) in [5, 5.41) is 27.7. The summed E-state index contributed by atoms with van der Waals surface area (Å²) in [6.07, 6.45) is 3.66. The number of aromatic nitrogens is 2. The lowest BCUT2D eigenvalue weighted by atomic mass is 9.87. The summed E-state index contributed by atoms with van der Waals surface area (Å²) in [6.45, 7) is 1.95. The normalized spacial score (nSPS) is 15.4. The first-order chi connectivity index (χ1) is 14.6. The summed E-state index contributed by atoms with van der Waals surface area (Å²) in [4.78, 5) is 18.9. The fraction of sp³-hybridized carbons (Fsp3) is 0.318. The minimum atomic E-state index is -0.974. The zero-order chi connectivity index (χ0) is 20.8. The minimum Gasteiger partial charge on any atom is -0.478 e. The van der Waals surface area contributed by atoms with E-state index in [4.69, 9.17) is 5.26 Å². The molecule has 3 aromatic rings. The predicted molar refractivity (Wildman–Crippen MR) is 112 cm³/mol. The van der Waals surface area contributed by atoms with Gasteiger partial charge in [-0.05, 0) is 61.1 Å². The highest BCUT2D eigenvalue weighted by Crippen LogP contribution is 2.41. The summed E-state index contributed by atoms with van der Waals surface area (Å²) >= 11 is 0. The predicted octanol–water partition coefficient (Wildman–Crippen LogP) is 4.26. The summed E-state index contributed by atoms with van der Waals surface area (Å²) in [6, 6.07) is 9.22. The summed E-state index contributed by atoms with van der Waals surface area (Å²) < 4.78 is 1.75. The Morgan fingerprint density at radius 2 is 2.00 bits per heavy atom. The third-order valence-corrected chi connectivity index (χ3v) is 5.95. The number of carboxylic acid groups (broad SMARTS) is 1. The monoisotopic (exact) mass is 400 g/mol. The van der Waals surface area contributed by atoms with Crippen molar-refractivity contribution in [3.05, 3.63) is 46.5 Å². The molecule has 0 unspecified atom stereocenters. The van der Waals surface area contributed by atoms with E-state index in [1.54, 1.807) is 29.8 Å². The molecule has 1 aromatic heterocycles. The molecule has 0 amide bonds. The van der Waals surface area contributed by atoms with Gasteiger partial charge in [0.25, 0.3) is 0 Å². The number of benzene rings is 2. The van der Waals surface area contributed by atoms with Crippen LogP contribution in [0.2, 0.25) is 0 Å². The van der Waals surface area contributed by atoms with Crippen LogP contribution >= 0.6 is 0 Å². The number of imidazole rings is 1. The van der Waals surface area contributed by atoms with Crippen LogP contribution in [0.3, 0.4) is 0 Å². The average Bonchev–Trinajstić information content (AvgIpc) is 3.07. The van der Waals surface area contributed by atoms with Crippen molar-refractivity contribution >= 4 is 34.3 Å². The number of fused-ring (bicyclic) bond motifs is 1. The molecule has 0 spiro atoms. The first-order valence-electron chi connectivity index (χ1n) is 10.0. The second kappa shape index (κ2) is 6.95. The molecule has 2 aromatic carbocycles. The maximum atomic E-state index is 12.1. The maximum absolute atomic E-state index is 12.1. The lowest BCUT2D eigenvalue weighted by Gasteiger charge is -2.37. The van der Waals surface area contributed by atoms with Gasteiger partial charge in [-0.2, -0.15) is 5.26 Å². The summed E-state index contributed by atoms with van der Waals surface area (Å²) in [5.41, 5.74) is 5.77. The second-order valence-corrected chi connectivity index (χ2v) is 7.74. The van der Waals surface area contributed by atoms with Crippen LogP contribution in [0.5, 0.6) is 0 Å². The number of aryl methyl sites for hydroxylation is 2. The molecule has 8 heteroatoms. The van der Waals surface area contributed by atoms with Gasteiger partial charge in [-0.1, -0.05) is 0 Å². The van der Waals surface area contributed by atoms with Gasteiger partial charge >= 0.3 is 5.97 Å². The van der Waals surface area contributed by atoms with Crippen molar-refractivity contribution in [3.8, 4) is 6.07 Å². The van der Waals surface area contributed by atoms with Crippen LogP contribution in [0.15, 0.2) is 34.5 Å². The highest BCUT2D eigenvalue weighted by Gasteiger charge is 2.30. The van der Waals surface area contributed by atoms with E-state index in [1.807, 2.05) is 6.07 Å². The Bertz CT molecular complexity index is 1270. The zero-order valence-electron chi connectivity index (χ0n) is 16.6. The van der Waals surface area contributed by atoms with E-state index in [0.717, 1.165) is 61.1 Å². The van der Waals surface area contributed by atoms with Gasteiger partial charge in [0.05, 0.1) is 28.2 Å². The van der Waals surface area contributed by atoms with E-state index >= 15 is 0 Å². The zero-order valence-corrected chi connectivity index (χ0v) is 16.6. The Kier molecular flexibility index (Phi) is 4.24. The Balaban J connectivity index is 1.62. The quantitative estimate of drug-likeness (QED) is 0.661. The number of nitriles is 1. The van der Waals surface area contributed by atoms with Crippen LogP contribution in [-0.2, 0) is 19.9 Å². The number of azo groups is 1. The molecule has 0 aliphatic carbocycles. The molecule has 3 heterocycles. The molecule has 0 saturated carbocycles. The first kappa shape index (κ1) is 18.3. The van der Waals surface area contributed by atoms with Crippen molar-refractivity contribution in [3.63, 3.8) is 0 Å². The van der Waals surface area contributed by atoms with Crippen molar-refractivity contribution in [2.24, 2.45) is 17.3 Å². The Morgan fingerprint density at radius 1 is 1.20 bits per heavy atom. The van der Waals surface area contributed by atoms with Gasteiger partial charge in [0.15, 0.2) is 0 Å². The van der Waals surface area contributed by atoms with Gasteiger partial charge in [0, 0.05) is 25.8 Å². The molecule has 0 radical (unpaired) electrons. The average molecular weight is 400 g/mol. The van der Waals surface area contributed by atoms with E-state index in [1.165, 1.54) is 0 Å². The lowest BCUT2D eigenvalue weighted by molar-refractivity contribution is 0.0696. The lowest BCUT2D eigenvalue weighted by Crippen LogP contribution is -2.35. The van der Waals surface area contributed by atoms with Crippen LogP contribution in [-0.4, -0.2) is 33.7 Å². The van der Waals surface area contributed by atoms with Crippen molar-refractivity contribution in [1.82, 2.24) is 9.55 Å². The molecule has 0 fully saturated rings. The molecule has 8 nitrogen and oxygen atoms in total. The number of hydrogen-bond donors (Lipinski definition) is 1. The third kappa shape index (κ3) is 2.82. The third-order valence-electron chi connectivity index (χ3n) is 5.95. The maximum Gasteiger partial charge on any atom is 0.338 e. The van der Waals surface area contributed by atoms with Gasteiger partial charge in [-0.15, -0.1) is 10.2 Å². The number of hydrogen-bond acceptors (Lipinski definition) is 6. The Morgan fingerprint density at radius 3 is 2.77 bits per heavy atom. The fourth-order valence-corrected chi connectivity index (χ4v) is 4.59. The van der Waals surface area contributed by atoms with E-state index in [-0.39, 0.29) is 5.56 Å². The number of nitrogens with zero attached hydrogens (tertiary/aromatic N) is 6. The van der Waals surface area contributed by atoms with Gasteiger partial charge in [-0.25, -0.2) is 9.78 Å². The summed E-state index contributed by atoms with van der Waals surface area (Å²) in [7, 11) is 1.80. The molecule has 2 aliphatic rings. The van der Waals surface area contributed by atoms with Crippen LogP contribution in [0.25, 0.3) is 11.0 Å². The molecule has 0 atom stereocenters. The van der Waals surface area contributed by atoms with Crippen LogP contribution < -0.4 is 4.90 Å². The van der Waals surface area contributed by atoms with Crippen LogP contribution in [0.4, 0.5) is 17.3 Å². The number of carbonyl (C=O) groups is 1. The largest absolute Gasteiger partial charge is 0.478 e. The van der Waals surface area contributed by atoms with Gasteiger partial charge in [-0.3, -0.25) is 0 Å². The highest BCUT2D eigenvalue weighted by atomic mass is 16.4. The fourth-order valence-electron chi connectivity index (χ4n) is 4.59. The molecule has 2 aliphatic heterocycles. The van der Waals surface area contributed by atoms with E-state index < -0.39 is 5.97 Å². The molecule has 1 N–H and O–H groups in total. The number of rotatable bonds is 3. The van der Waals surface area contributed by atoms with Gasteiger partial charge in [0.2, 0.25) is 5.95 Å². The Labute approximate surface area is 173 Å². The molecule has 0 saturated heterocycles. The molecular weight excluding hydrogens is 380 g/mol. The molecular formula is C22H20N6O2. The van der Waals surface area contributed by atoms with E-state index in [9.17, 15) is 9.90 Å². The van der Waals surface area contributed by atoms with Gasteiger partial charge in [0.1, 0.15) is 5.69 Å². The SMILES string of the molecule is Cn1c(N=Nc2cc3c4c(c2C(=O)O)CCCN4CCC3)nc2ccc(C#N)cc21. The molecule has 5 rings (SSSR count). The Hall–Kier alpha value is -3.73. The first-order valence-corrected chi connectivity index (χ1v) is 10.0. The van der Waals surface area contributed by atoms with Crippen molar-refractivity contribution < 1.29 is 9.90 Å². The smallest absolute Gasteiger partial charge is 0.338 e. The van der Waals surface area contributed by atoms with E-state index in [2.05, 4.69) is 26.2 Å². The van der Waals surface area contributed by atoms with Crippen LogP contribution in [0.1, 0.15) is 39.9 Å². The minimum absolute atomic E-state index is 0.245. The second-order valence-electron chi connectivity index (χ2n) is 7.74. The number of carboxylic acids is 1. The van der Waals surface area contributed by atoms with Crippen molar-refractivity contribution in [2.75, 3.05) is 18.0 Å². The summed E-state index contributed by atoms with van der Waals surface area (Å²) in [5.74, 6) is -0.609. The highest BCUT2D eigenvalue weighted by molar-refractivity contribution is 5.98. The topological polar surface area (TPSA) is 107 Å². The molecule has 30 heavy (non-hydrogen) atoms. The standard InChI is InChI=1S/C22H20N6O2/c1-27-18-10-13(12-23)6-7-16(18)24-22(27)26-25-17-11-14-4-2-8-28-9-3-5-15(20(14)28)19(17)21(29)30/h6-7,10-11H,2-5,8-9H2,1H3,(H,29,30). The number of aromatic carboxylic acids is 1. The molecule has 150 valence electrons. The molecule has 0 bridgehead atoms. The van der Waals surface area contributed by atoms with Gasteiger partial charge < -0.3 is 14.6 Å². The van der Waals surface area contributed by atoms with Crippen molar-refractivity contribution in [2.45, 2.75) is 25.7 Å². The van der Waals surface area contributed by atoms with Crippen LogP contribution in [0, 0.1) is 11.3 Å². The number of anilines is 1.